The smallest absolute Gasteiger partial charge is 0.168 e. The number of hydrogen-bond acceptors (Lipinski definition) is 2. The van der Waals surface area contributed by atoms with Crippen molar-refractivity contribution >= 4 is 10.8 Å². The van der Waals surface area contributed by atoms with Gasteiger partial charge < -0.3 is 0 Å². The number of rotatable bonds is 0. The van der Waals surface area contributed by atoms with Crippen LogP contribution in [0, 0.1) is 28.8 Å². The fourth-order valence-electron chi connectivity index (χ4n) is 1.33. The molecule has 0 bridgehead atoms. The number of aromatic nitrogens is 1. The highest BCUT2D eigenvalue weighted by atomic mass is 19.2. The van der Waals surface area contributed by atoms with Gasteiger partial charge in [0.1, 0.15) is 11.9 Å². The topological polar surface area (TPSA) is 36.7 Å². The largest absolute Gasteiger partial charge is 0.263 e. The second-order valence-electron chi connectivity index (χ2n) is 2.88. The van der Waals surface area contributed by atoms with E-state index in [1.165, 1.54) is 0 Å². The fraction of sp³-hybridized carbons (Fsp3) is 0. The van der Waals surface area contributed by atoms with Crippen molar-refractivity contribution in [1.82, 2.24) is 4.98 Å². The maximum absolute atomic E-state index is 13.3. The summed E-state index contributed by atoms with van der Waals surface area (Å²) in [6.45, 7) is 0. The Morgan fingerprint density at radius 1 is 1.13 bits per heavy atom. The standard InChI is InChI=1S/C10H3F3N2/c11-7-1-8(12)10(13)9-5(2-14)3-15-4-6(7)9/h1,3-4H. The number of halogens is 3. The zero-order chi connectivity index (χ0) is 11.0. The van der Waals surface area contributed by atoms with E-state index in [-0.39, 0.29) is 16.3 Å². The normalized spacial score (nSPS) is 10.3. The summed E-state index contributed by atoms with van der Waals surface area (Å²) in [7, 11) is 0. The highest BCUT2D eigenvalue weighted by Crippen LogP contribution is 2.25. The van der Waals surface area contributed by atoms with Gasteiger partial charge in [0.25, 0.3) is 0 Å². The molecule has 0 fully saturated rings. The number of fused-ring (bicyclic) bond motifs is 1. The molecule has 74 valence electrons. The Hall–Kier alpha value is -2.09. The molecule has 0 aliphatic heterocycles. The number of benzene rings is 1. The minimum absolute atomic E-state index is 0.191. The van der Waals surface area contributed by atoms with Gasteiger partial charge in [-0.1, -0.05) is 0 Å². The number of hydrogen-bond donors (Lipinski definition) is 0. The highest BCUT2D eigenvalue weighted by Gasteiger charge is 2.15. The average molecular weight is 208 g/mol. The SMILES string of the molecule is N#Cc1cncc2c(F)cc(F)c(F)c12. The van der Waals surface area contributed by atoms with Crippen LogP contribution in [0.3, 0.4) is 0 Å². The molecular weight excluding hydrogens is 205 g/mol. The summed E-state index contributed by atoms with van der Waals surface area (Å²) in [5.41, 5.74) is -0.191. The third kappa shape index (κ3) is 1.31. The molecule has 1 aromatic carbocycles. The first-order valence-electron chi connectivity index (χ1n) is 3.96. The van der Waals surface area contributed by atoms with Crippen LogP contribution in [-0.2, 0) is 0 Å². The Balaban J connectivity index is 3.05. The molecule has 15 heavy (non-hydrogen) atoms. The summed E-state index contributed by atoms with van der Waals surface area (Å²) >= 11 is 0. The van der Waals surface area contributed by atoms with Crippen molar-refractivity contribution < 1.29 is 13.2 Å². The van der Waals surface area contributed by atoms with Crippen LogP contribution in [0.15, 0.2) is 18.5 Å². The van der Waals surface area contributed by atoms with Crippen molar-refractivity contribution in [2.75, 3.05) is 0 Å². The maximum Gasteiger partial charge on any atom is 0.168 e. The molecule has 1 heterocycles. The van der Waals surface area contributed by atoms with Crippen LogP contribution >= 0.6 is 0 Å². The summed E-state index contributed by atoms with van der Waals surface area (Å²) in [5.74, 6) is -3.48. The summed E-state index contributed by atoms with van der Waals surface area (Å²) < 4.78 is 39.4. The summed E-state index contributed by atoms with van der Waals surface area (Å²) in [4.78, 5) is 3.56. The van der Waals surface area contributed by atoms with Gasteiger partial charge in [-0.3, -0.25) is 4.98 Å². The Kier molecular flexibility index (Phi) is 2.05. The quantitative estimate of drug-likeness (QED) is 0.623. The molecule has 0 atom stereocenters. The number of pyridine rings is 1. The van der Waals surface area contributed by atoms with Crippen LogP contribution in [-0.4, -0.2) is 4.98 Å². The predicted molar refractivity (Wildman–Crippen MR) is 46.3 cm³/mol. The van der Waals surface area contributed by atoms with E-state index in [0.717, 1.165) is 12.4 Å². The van der Waals surface area contributed by atoms with Gasteiger partial charge in [-0.25, -0.2) is 13.2 Å². The van der Waals surface area contributed by atoms with Gasteiger partial charge in [0, 0.05) is 29.2 Å². The highest BCUT2D eigenvalue weighted by molar-refractivity contribution is 5.88. The summed E-state index contributed by atoms with van der Waals surface area (Å²) in [6.07, 6.45) is 2.11. The summed E-state index contributed by atoms with van der Waals surface area (Å²) in [6, 6.07) is 2.06. The molecule has 0 aliphatic rings. The number of nitriles is 1. The van der Waals surface area contributed by atoms with E-state index in [0.29, 0.717) is 6.07 Å². The lowest BCUT2D eigenvalue weighted by molar-refractivity contribution is 0.505. The predicted octanol–water partition coefficient (Wildman–Crippen LogP) is 2.52. The van der Waals surface area contributed by atoms with Crippen molar-refractivity contribution in [3.05, 3.63) is 41.5 Å². The monoisotopic (exact) mass is 208 g/mol. The van der Waals surface area contributed by atoms with Crippen molar-refractivity contribution in [3.8, 4) is 6.07 Å². The minimum atomic E-state index is -1.32. The molecule has 2 rings (SSSR count). The molecule has 0 spiro atoms. The molecule has 0 saturated heterocycles. The maximum atomic E-state index is 13.3. The molecule has 5 heteroatoms. The van der Waals surface area contributed by atoms with E-state index in [1.54, 1.807) is 6.07 Å². The first kappa shape index (κ1) is 9.46. The molecule has 0 radical (unpaired) electrons. The molecule has 0 amide bonds. The van der Waals surface area contributed by atoms with Gasteiger partial charge in [-0.15, -0.1) is 0 Å². The second-order valence-corrected chi connectivity index (χ2v) is 2.88. The molecular formula is C10H3F3N2. The van der Waals surface area contributed by atoms with Crippen molar-refractivity contribution in [2.45, 2.75) is 0 Å². The van der Waals surface area contributed by atoms with Crippen molar-refractivity contribution in [3.63, 3.8) is 0 Å². The van der Waals surface area contributed by atoms with Gasteiger partial charge in [-0.2, -0.15) is 5.26 Å². The Labute approximate surface area is 82.6 Å². The Morgan fingerprint density at radius 2 is 1.87 bits per heavy atom. The van der Waals surface area contributed by atoms with E-state index in [9.17, 15) is 13.2 Å². The van der Waals surface area contributed by atoms with E-state index >= 15 is 0 Å². The first-order chi connectivity index (χ1) is 7.15. The van der Waals surface area contributed by atoms with Gasteiger partial charge in [-0.05, 0) is 0 Å². The van der Waals surface area contributed by atoms with Gasteiger partial charge in [0.2, 0.25) is 0 Å². The lowest BCUT2D eigenvalue weighted by Gasteiger charge is -2.02. The molecule has 0 aliphatic carbocycles. The van der Waals surface area contributed by atoms with Crippen LogP contribution < -0.4 is 0 Å². The molecule has 2 aromatic rings. The molecule has 0 N–H and O–H groups in total. The van der Waals surface area contributed by atoms with E-state index in [2.05, 4.69) is 4.98 Å². The second kappa shape index (κ2) is 3.24. The number of nitrogens with zero attached hydrogens (tertiary/aromatic N) is 2. The van der Waals surface area contributed by atoms with E-state index in [4.69, 9.17) is 5.26 Å². The zero-order valence-corrected chi connectivity index (χ0v) is 7.26. The Morgan fingerprint density at radius 3 is 2.53 bits per heavy atom. The molecule has 0 saturated carbocycles. The van der Waals surface area contributed by atoms with Gasteiger partial charge >= 0.3 is 0 Å². The fourth-order valence-corrected chi connectivity index (χ4v) is 1.33. The third-order valence-corrected chi connectivity index (χ3v) is 2.01. The third-order valence-electron chi connectivity index (χ3n) is 2.01. The van der Waals surface area contributed by atoms with E-state index in [1.807, 2.05) is 0 Å². The van der Waals surface area contributed by atoms with Crippen LogP contribution in [0.1, 0.15) is 5.56 Å². The van der Waals surface area contributed by atoms with E-state index < -0.39 is 17.5 Å². The average Bonchev–Trinajstić information content (AvgIpc) is 2.25. The lowest BCUT2D eigenvalue weighted by Crippen LogP contribution is -1.94. The van der Waals surface area contributed by atoms with Gasteiger partial charge in [0.05, 0.1) is 5.56 Å². The van der Waals surface area contributed by atoms with Crippen LogP contribution in [0.4, 0.5) is 13.2 Å². The lowest BCUT2D eigenvalue weighted by atomic mass is 10.1. The molecule has 0 unspecified atom stereocenters. The molecule has 2 nitrogen and oxygen atoms in total. The van der Waals surface area contributed by atoms with Crippen LogP contribution in [0.25, 0.3) is 10.8 Å². The zero-order valence-electron chi connectivity index (χ0n) is 7.26. The van der Waals surface area contributed by atoms with Crippen molar-refractivity contribution in [2.24, 2.45) is 0 Å². The van der Waals surface area contributed by atoms with Crippen molar-refractivity contribution in [1.29, 1.82) is 5.26 Å². The molecule has 1 aromatic heterocycles. The van der Waals surface area contributed by atoms with Crippen LogP contribution in [0.2, 0.25) is 0 Å². The first-order valence-corrected chi connectivity index (χ1v) is 3.96. The summed E-state index contributed by atoms with van der Waals surface area (Å²) in [5, 5.41) is 8.07. The minimum Gasteiger partial charge on any atom is -0.263 e. The van der Waals surface area contributed by atoms with Crippen LogP contribution in [0.5, 0.6) is 0 Å². The Bertz CT molecular complexity index is 587. The van der Waals surface area contributed by atoms with Gasteiger partial charge in [0.15, 0.2) is 11.6 Å².